The quantitative estimate of drug-likeness (QED) is 0.834. The minimum atomic E-state index is -0.384. The van der Waals surface area contributed by atoms with Gasteiger partial charge >= 0.3 is 0 Å². The summed E-state index contributed by atoms with van der Waals surface area (Å²) in [5, 5.41) is 0. The number of rotatable bonds is 6. The van der Waals surface area contributed by atoms with Gasteiger partial charge in [-0.25, -0.2) is 10.5 Å². The van der Waals surface area contributed by atoms with Crippen LogP contribution in [0.4, 0.5) is 0 Å². The van der Waals surface area contributed by atoms with E-state index in [-0.39, 0.29) is 11.5 Å². The van der Waals surface area contributed by atoms with Crippen molar-refractivity contribution in [1.29, 1.82) is 0 Å². The van der Waals surface area contributed by atoms with Crippen molar-refractivity contribution in [2.45, 2.75) is 59.1 Å². The molecule has 0 spiro atoms. The van der Waals surface area contributed by atoms with Gasteiger partial charge in [0, 0.05) is 19.4 Å². The number of nitrogens with one attached hydrogen (secondary N) is 1. The van der Waals surface area contributed by atoms with Crippen molar-refractivity contribution in [3.63, 3.8) is 0 Å². The molecule has 1 amide bonds. The van der Waals surface area contributed by atoms with Gasteiger partial charge in [-0.2, -0.15) is 0 Å². The number of nitrogens with zero attached hydrogens (tertiary/aromatic N) is 2. The van der Waals surface area contributed by atoms with E-state index >= 15 is 0 Å². The molecule has 1 heterocycles. The Bertz CT molecular complexity index is 641. The number of hydrogen-bond donors (Lipinski definition) is 1. The molecule has 0 aliphatic heterocycles. The molecule has 0 bridgehead atoms. The monoisotopic (exact) mass is 303 g/mol. The fraction of sp³-hybridized carbons (Fsp3) is 0.529. The first-order chi connectivity index (χ1) is 10.4. The molecule has 22 heavy (non-hydrogen) atoms. The third kappa shape index (κ3) is 4.31. The van der Waals surface area contributed by atoms with Crippen LogP contribution in [0, 0.1) is 0 Å². The molecule has 5 nitrogen and oxygen atoms in total. The van der Waals surface area contributed by atoms with Crippen LogP contribution < -0.4 is 5.48 Å². The van der Waals surface area contributed by atoms with E-state index in [1.807, 2.05) is 45.0 Å². The number of imidazole rings is 1. The van der Waals surface area contributed by atoms with Crippen LogP contribution in [-0.4, -0.2) is 21.1 Å². The number of hydrogen-bond acceptors (Lipinski definition) is 3. The Balaban J connectivity index is 2.07. The average Bonchev–Trinajstić information content (AvgIpc) is 2.80. The van der Waals surface area contributed by atoms with Gasteiger partial charge in [0.25, 0.3) is 0 Å². The van der Waals surface area contributed by atoms with Gasteiger partial charge in [-0.1, -0.05) is 19.1 Å². The molecule has 1 aromatic heterocycles. The van der Waals surface area contributed by atoms with Crippen LogP contribution in [0.1, 0.15) is 46.4 Å². The predicted octanol–water partition coefficient (Wildman–Crippen LogP) is 3.23. The van der Waals surface area contributed by atoms with Gasteiger partial charge in [-0.15, -0.1) is 0 Å². The highest BCUT2D eigenvalue weighted by Crippen LogP contribution is 2.17. The van der Waals surface area contributed by atoms with Gasteiger partial charge in [-0.05, 0) is 39.3 Å². The van der Waals surface area contributed by atoms with Gasteiger partial charge in [0.1, 0.15) is 5.82 Å². The van der Waals surface area contributed by atoms with Crippen LogP contribution in [0.2, 0.25) is 0 Å². The SMILES string of the molecule is CCCc1nc2ccccc2n1CCC(=O)NOC(C)(C)C. The number of para-hydroxylation sites is 2. The van der Waals surface area contributed by atoms with Crippen molar-refractivity contribution in [1.82, 2.24) is 15.0 Å². The lowest BCUT2D eigenvalue weighted by molar-refractivity contribution is -0.145. The molecular formula is C17H25N3O2. The molecule has 2 rings (SSSR count). The molecule has 0 saturated carbocycles. The number of aryl methyl sites for hydroxylation is 2. The predicted molar refractivity (Wildman–Crippen MR) is 87.3 cm³/mol. The molecule has 0 unspecified atom stereocenters. The minimum Gasteiger partial charge on any atom is -0.327 e. The van der Waals surface area contributed by atoms with Crippen LogP contribution >= 0.6 is 0 Å². The standard InChI is InChI=1S/C17H25N3O2/c1-5-8-15-18-13-9-6-7-10-14(13)20(15)12-11-16(21)19-22-17(2,3)4/h6-7,9-10H,5,8,11-12H2,1-4H3,(H,19,21). The number of amides is 1. The Morgan fingerprint density at radius 3 is 2.73 bits per heavy atom. The number of hydroxylamine groups is 1. The highest BCUT2D eigenvalue weighted by atomic mass is 16.7. The van der Waals surface area contributed by atoms with Crippen LogP contribution in [0.5, 0.6) is 0 Å². The molecule has 0 atom stereocenters. The van der Waals surface area contributed by atoms with Crippen molar-refractivity contribution < 1.29 is 9.63 Å². The third-order valence-electron chi connectivity index (χ3n) is 3.24. The highest BCUT2D eigenvalue weighted by molar-refractivity contribution is 5.77. The minimum absolute atomic E-state index is 0.116. The fourth-order valence-corrected chi connectivity index (χ4v) is 2.26. The lowest BCUT2D eigenvalue weighted by atomic mass is 10.2. The summed E-state index contributed by atoms with van der Waals surface area (Å²) >= 11 is 0. The van der Waals surface area contributed by atoms with Gasteiger partial charge in [0.05, 0.1) is 16.6 Å². The normalized spacial score (nSPS) is 11.8. The second kappa shape index (κ2) is 6.92. The van der Waals surface area contributed by atoms with E-state index in [9.17, 15) is 4.79 Å². The van der Waals surface area contributed by atoms with Crippen molar-refractivity contribution >= 4 is 16.9 Å². The van der Waals surface area contributed by atoms with E-state index in [0.29, 0.717) is 13.0 Å². The zero-order valence-electron chi connectivity index (χ0n) is 13.8. The molecule has 1 aromatic carbocycles. The first kappa shape index (κ1) is 16.5. The van der Waals surface area contributed by atoms with Gasteiger partial charge in [0.2, 0.25) is 5.91 Å². The molecule has 0 radical (unpaired) electrons. The van der Waals surface area contributed by atoms with E-state index in [1.54, 1.807) is 0 Å². The molecule has 0 aliphatic rings. The molecule has 2 aromatic rings. The summed E-state index contributed by atoms with van der Waals surface area (Å²) in [5.74, 6) is 0.920. The number of aromatic nitrogens is 2. The first-order valence-corrected chi connectivity index (χ1v) is 7.81. The third-order valence-corrected chi connectivity index (χ3v) is 3.24. The summed E-state index contributed by atoms with van der Waals surface area (Å²) in [6.07, 6.45) is 2.31. The Labute approximate surface area is 131 Å². The van der Waals surface area contributed by atoms with E-state index in [2.05, 4.69) is 22.0 Å². The lowest BCUT2D eigenvalue weighted by Gasteiger charge is -2.19. The van der Waals surface area contributed by atoms with E-state index in [1.165, 1.54) is 0 Å². The Morgan fingerprint density at radius 1 is 1.32 bits per heavy atom. The number of carbonyl (C=O) groups is 1. The second-order valence-corrected chi connectivity index (χ2v) is 6.41. The first-order valence-electron chi connectivity index (χ1n) is 7.81. The van der Waals surface area contributed by atoms with Gasteiger partial charge in [-0.3, -0.25) is 9.63 Å². The smallest absolute Gasteiger partial charge is 0.245 e. The maximum atomic E-state index is 11.9. The van der Waals surface area contributed by atoms with E-state index < -0.39 is 0 Å². The molecule has 5 heteroatoms. The fourth-order valence-electron chi connectivity index (χ4n) is 2.26. The maximum Gasteiger partial charge on any atom is 0.245 e. The molecule has 120 valence electrons. The summed E-state index contributed by atoms with van der Waals surface area (Å²) in [6, 6.07) is 8.04. The summed E-state index contributed by atoms with van der Waals surface area (Å²) < 4.78 is 2.13. The Kier molecular flexibility index (Phi) is 5.19. The largest absolute Gasteiger partial charge is 0.327 e. The number of fused-ring (bicyclic) bond motifs is 1. The van der Waals surface area contributed by atoms with Crippen LogP contribution in [0.25, 0.3) is 11.0 Å². The topological polar surface area (TPSA) is 56.2 Å². The van der Waals surface area contributed by atoms with Crippen molar-refractivity contribution in [2.24, 2.45) is 0 Å². The van der Waals surface area contributed by atoms with Crippen molar-refractivity contribution in [3.05, 3.63) is 30.1 Å². The summed E-state index contributed by atoms with van der Waals surface area (Å²) in [7, 11) is 0. The van der Waals surface area contributed by atoms with Gasteiger partial charge < -0.3 is 4.57 Å². The Hall–Kier alpha value is -1.88. The van der Waals surface area contributed by atoms with Crippen LogP contribution in [-0.2, 0) is 22.6 Å². The van der Waals surface area contributed by atoms with E-state index in [4.69, 9.17) is 4.84 Å². The maximum absolute atomic E-state index is 11.9. The van der Waals surface area contributed by atoms with Crippen LogP contribution in [0.3, 0.4) is 0 Å². The van der Waals surface area contributed by atoms with E-state index in [0.717, 1.165) is 29.7 Å². The zero-order valence-corrected chi connectivity index (χ0v) is 13.8. The van der Waals surface area contributed by atoms with Gasteiger partial charge in [0.15, 0.2) is 0 Å². The average molecular weight is 303 g/mol. The second-order valence-electron chi connectivity index (χ2n) is 6.41. The molecule has 1 N–H and O–H groups in total. The number of benzene rings is 1. The lowest BCUT2D eigenvalue weighted by Crippen LogP contribution is -2.34. The molecule has 0 aliphatic carbocycles. The number of carbonyl (C=O) groups excluding carboxylic acids is 1. The van der Waals surface area contributed by atoms with Crippen molar-refractivity contribution in [2.75, 3.05) is 0 Å². The van der Waals surface area contributed by atoms with Crippen molar-refractivity contribution in [3.8, 4) is 0 Å². The zero-order chi connectivity index (χ0) is 16.2. The summed E-state index contributed by atoms with van der Waals surface area (Å²) in [5.41, 5.74) is 4.19. The summed E-state index contributed by atoms with van der Waals surface area (Å²) in [6.45, 7) is 8.44. The molecule has 0 fully saturated rings. The molecular weight excluding hydrogens is 278 g/mol. The highest BCUT2D eigenvalue weighted by Gasteiger charge is 2.14. The summed E-state index contributed by atoms with van der Waals surface area (Å²) in [4.78, 5) is 21.9. The molecule has 0 saturated heterocycles. The Morgan fingerprint density at radius 2 is 2.05 bits per heavy atom. The van der Waals surface area contributed by atoms with Crippen LogP contribution in [0.15, 0.2) is 24.3 Å².